The lowest BCUT2D eigenvalue weighted by molar-refractivity contribution is 0.579. The summed E-state index contributed by atoms with van der Waals surface area (Å²) in [5.41, 5.74) is 6.12. The van der Waals surface area contributed by atoms with Crippen LogP contribution in [0.5, 0.6) is 0 Å². The molecule has 1 aromatic carbocycles. The van der Waals surface area contributed by atoms with E-state index in [-0.39, 0.29) is 0 Å². The number of aromatic nitrogens is 1. The third-order valence-corrected chi connectivity index (χ3v) is 6.53. The van der Waals surface area contributed by atoms with E-state index in [1.54, 1.807) is 0 Å². The minimum Gasteiger partial charge on any atom is -0.346 e. The summed E-state index contributed by atoms with van der Waals surface area (Å²) in [5, 5.41) is 0. The first kappa shape index (κ1) is 17.2. The number of hydrogen-bond donors (Lipinski definition) is 1. The minimum atomic E-state index is -3.52. The molecule has 1 saturated carbocycles. The summed E-state index contributed by atoms with van der Waals surface area (Å²) in [6.07, 6.45) is 2.45. The molecule has 1 N–H and O–H groups in total. The van der Waals surface area contributed by atoms with Gasteiger partial charge < -0.3 is 4.57 Å². The smallest absolute Gasteiger partial charge is 0.241 e. The Balaban J connectivity index is 1.85. The number of sulfonamides is 1. The Labute approximate surface area is 144 Å². The zero-order chi connectivity index (χ0) is 17.6. The lowest BCUT2D eigenvalue weighted by Gasteiger charge is -2.13. The standard InChI is InChI=1S/C19H26N2O2S/c1-12-8-13(2)19(14(3)9-12)24(22,23)20-11-17-10-15(4)21(16(17)5)18-6-7-18/h8-10,18,20H,6-7,11H2,1-5H3. The molecule has 0 unspecified atom stereocenters. The fraction of sp³-hybridized carbons (Fsp3) is 0.474. The molecule has 0 atom stereocenters. The summed E-state index contributed by atoms with van der Waals surface area (Å²) >= 11 is 0. The summed E-state index contributed by atoms with van der Waals surface area (Å²) < 4.78 is 30.7. The van der Waals surface area contributed by atoms with E-state index in [4.69, 9.17) is 0 Å². The van der Waals surface area contributed by atoms with Crippen molar-refractivity contribution in [2.45, 2.75) is 64.9 Å². The third kappa shape index (κ3) is 3.15. The van der Waals surface area contributed by atoms with Gasteiger partial charge in [0.15, 0.2) is 0 Å². The Hall–Kier alpha value is -1.59. The highest BCUT2D eigenvalue weighted by atomic mass is 32.2. The van der Waals surface area contributed by atoms with Gasteiger partial charge in [-0.05, 0) is 70.2 Å². The monoisotopic (exact) mass is 346 g/mol. The normalized spacial score (nSPS) is 15.0. The van der Waals surface area contributed by atoms with Crippen LogP contribution in [0.1, 0.15) is 52.5 Å². The number of nitrogens with one attached hydrogen (secondary N) is 1. The van der Waals surface area contributed by atoms with E-state index >= 15 is 0 Å². The molecular weight excluding hydrogens is 320 g/mol. The van der Waals surface area contributed by atoms with E-state index in [0.29, 0.717) is 17.5 Å². The van der Waals surface area contributed by atoms with E-state index in [2.05, 4.69) is 29.2 Å². The first-order valence-electron chi connectivity index (χ1n) is 8.45. The second-order valence-electron chi connectivity index (χ2n) is 7.05. The Morgan fingerprint density at radius 2 is 1.62 bits per heavy atom. The van der Waals surface area contributed by atoms with Gasteiger partial charge in [0.25, 0.3) is 0 Å². The van der Waals surface area contributed by atoms with Crippen molar-refractivity contribution in [3.63, 3.8) is 0 Å². The fourth-order valence-electron chi connectivity index (χ4n) is 3.75. The fourth-order valence-corrected chi connectivity index (χ4v) is 5.21. The number of hydrogen-bond acceptors (Lipinski definition) is 2. The topological polar surface area (TPSA) is 51.1 Å². The minimum absolute atomic E-state index is 0.335. The molecule has 1 aromatic heterocycles. The molecule has 2 aromatic rings. The molecule has 0 amide bonds. The molecule has 5 heteroatoms. The molecule has 0 radical (unpaired) electrons. The highest BCUT2D eigenvalue weighted by molar-refractivity contribution is 7.89. The Kier molecular flexibility index (Phi) is 4.34. The molecule has 1 heterocycles. The Morgan fingerprint density at radius 1 is 1.04 bits per heavy atom. The maximum atomic E-state index is 12.8. The van der Waals surface area contributed by atoms with Gasteiger partial charge in [0, 0.05) is 24.0 Å². The van der Waals surface area contributed by atoms with Gasteiger partial charge in [0.2, 0.25) is 10.0 Å². The van der Waals surface area contributed by atoms with Crippen LogP contribution in [0.2, 0.25) is 0 Å². The predicted octanol–water partition coefficient (Wildman–Crippen LogP) is 3.84. The molecule has 1 aliphatic rings. The average molecular weight is 346 g/mol. The van der Waals surface area contributed by atoms with Crippen LogP contribution in [0, 0.1) is 34.6 Å². The maximum absolute atomic E-state index is 12.8. The summed E-state index contributed by atoms with van der Waals surface area (Å²) in [6, 6.07) is 6.54. The second-order valence-corrected chi connectivity index (χ2v) is 8.75. The van der Waals surface area contributed by atoms with Crippen LogP contribution in [0.25, 0.3) is 0 Å². The van der Waals surface area contributed by atoms with Gasteiger partial charge >= 0.3 is 0 Å². The second kappa shape index (κ2) is 6.05. The van der Waals surface area contributed by atoms with Crippen molar-refractivity contribution < 1.29 is 8.42 Å². The predicted molar refractivity (Wildman–Crippen MR) is 96.9 cm³/mol. The molecule has 1 fully saturated rings. The van der Waals surface area contributed by atoms with Gasteiger partial charge in [0.1, 0.15) is 0 Å². The van der Waals surface area contributed by atoms with E-state index in [9.17, 15) is 8.42 Å². The Bertz CT molecular complexity index is 867. The van der Waals surface area contributed by atoms with Crippen LogP contribution in [0.15, 0.2) is 23.1 Å². The van der Waals surface area contributed by atoms with E-state index < -0.39 is 10.0 Å². The van der Waals surface area contributed by atoms with Crippen LogP contribution in [0.4, 0.5) is 0 Å². The SMILES string of the molecule is Cc1cc(C)c(S(=O)(=O)NCc2cc(C)n(C3CC3)c2C)c(C)c1. The van der Waals surface area contributed by atoms with Crippen molar-refractivity contribution in [2.24, 2.45) is 0 Å². The van der Waals surface area contributed by atoms with E-state index in [0.717, 1.165) is 22.3 Å². The van der Waals surface area contributed by atoms with Crippen molar-refractivity contribution in [1.29, 1.82) is 0 Å². The average Bonchev–Trinajstić information content (AvgIpc) is 3.22. The summed E-state index contributed by atoms with van der Waals surface area (Å²) in [5.74, 6) is 0. The molecule has 0 saturated heterocycles. The zero-order valence-electron chi connectivity index (χ0n) is 15.1. The molecule has 4 nitrogen and oxygen atoms in total. The van der Waals surface area contributed by atoms with Gasteiger partial charge in [-0.1, -0.05) is 17.7 Å². The third-order valence-electron chi connectivity index (χ3n) is 4.83. The zero-order valence-corrected chi connectivity index (χ0v) is 15.9. The number of benzene rings is 1. The van der Waals surface area contributed by atoms with Gasteiger partial charge in [0.05, 0.1) is 4.90 Å². The summed E-state index contributed by atoms with van der Waals surface area (Å²) in [6.45, 7) is 10.2. The molecule has 3 rings (SSSR count). The lowest BCUT2D eigenvalue weighted by Crippen LogP contribution is -2.25. The number of nitrogens with zero attached hydrogens (tertiary/aromatic N) is 1. The van der Waals surface area contributed by atoms with Gasteiger partial charge in [-0.3, -0.25) is 0 Å². The van der Waals surface area contributed by atoms with Gasteiger partial charge in [-0.25, -0.2) is 13.1 Å². The molecule has 0 spiro atoms. The highest BCUT2D eigenvalue weighted by Crippen LogP contribution is 2.38. The largest absolute Gasteiger partial charge is 0.346 e. The van der Waals surface area contributed by atoms with Crippen molar-refractivity contribution in [3.8, 4) is 0 Å². The number of aryl methyl sites for hydroxylation is 4. The van der Waals surface area contributed by atoms with Crippen LogP contribution >= 0.6 is 0 Å². The van der Waals surface area contributed by atoms with Crippen molar-refractivity contribution in [1.82, 2.24) is 9.29 Å². The molecule has 0 aliphatic heterocycles. The van der Waals surface area contributed by atoms with E-state index in [1.807, 2.05) is 32.9 Å². The number of rotatable bonds is 5. The van der Waals surface area contributed by atoms with Crippen LogP contribution in [0.3, 0.4) is 0 Å². The first-order valence-corrected chi connectivity index (χ1v) is 9.94. The van der Waals surface area contributed by atoms with Crippen LogP contribution in [-0.4, -0.2) is 13.0 Å². The van der Waals surface area contributed by atoms with Crippen molar-refractivity contribution in [2.75, 3.05) is 0 Å². The lowest BCUT2D eigenvalue weighted by atomic mass is 10.1. The van der Waals surface area contributed by atoms with Gasteiger partial charge in [-0.2, -0.15) is 0 Å². The van der Waals surface area contributed by atoms with Crippen LogP contribution < -0.4 is 4.72 Å². The Morgan fingerprint density at radius 3 is 2.17 bits per heavy atom. The molecule has 0 bridgehead atoms. The summed E-state index contributed by atoms with van der Waals surface area (Å²) in [4.78, 5) is 0.407. The van der Waals surface area contributed by atoms with Crippen LogP contribution in [-0.2, 0) is 16.6 Å². The van der Waals surface area contributed by atoms with Crippen molar-refractivity contribution in [3.05, 3.63) is 51.8 Å². The molecule has 130 valence electrons. The van der Waals surface area contributed by atoms with E-state index in [1.165, 1.54) is 24.2 Å². The van der Waals surface area contributed by atoms with Crippen molar-refractivity contribution >= 4 is 10.0 Å². The summed E-state index contributed by atoms with van der Waals surface area (Å²) in [7, 11) is -3.52. The molecule has 1 aliphatic carbocycles. The highest BCUT2D eigenvalue weighted by Gasteiger charge is 2.27. The molecular formula is C19H26N2O2S. The maximum Gasteiger partial charge on any atom is 0.241 e. The quantitative estimate of drug-likeness (QED) is 0.894. The first-order chi connectivity index (χ1) is 11.2. The van der Waals surface area contributed by atoms with Gasteiger partial charge in [-0.15, -0.1) is 0 Å². The molecule has 24 heavy (non-hydrogen) atoms.